The number of hydrogen-bond acceptors (Lipinski definition) is 3. The van der Waals surface area contributed by atoms with Crippen LogP contribution in [0.4, 0.5) is 4.79 Å². The van der Waals surface area contributed by atoms with Gasteiger partial charge in [0.1, 0.15) is 5.01 Å². The van der Waals surface area contributed by atoms with Gasteiger partial charge in [0.2, 0.25) is 0 Å². The molecule has 0 radical (unpaired) electrons. The average Bonchev–Trinajstić information content (AvgIpc) is 2.61. The Labute approximate surface area is 80.6 Å². The number of nitrogens with one attached hydrogen (secondary N) is 1. The monoisotopic (exact) mass is 197 g/mol. The topological polar surface area (TPSA) is 45.2 Å². The SMILES string of the molecule is O=C1NCCCN1Cc1nccs1. The lowest BCUT2D eigenvalue weighted by Gasteiger charge is -2.26. The molecule has 1 aromatic rings. The summed E-state index contributed by atoms with van der Waals surface area (Å²) >= 11 is 1.59. The molecule has 4 nitrogen and oxygen atoms in total. The Hall–Kier alpha value is -1.10. The maximum atomic E-state index is 11.3. The highest BCUT2D eigenvalue weighted by molar-refractivity contribution is 7.09. The maximum Gasteiger partial charge on any atom is 0.317 e. The molecule has 1 aliphatic rings. The first kappa shape index (κ1) is 8.50. The van der Waals surface area contributed by atoms with Gasteiger partial charge in [0.15, 0.2) is 0 Å². The number of rotatable bonds is 2. The van der Waals surface area contributed by atoms with E-state index in [1.54, 1.807) is 22.4 Å². The van der Waals surface area contributed by atoms with Gasteiger partial charge in [-0.05, 0) is 6.42 Å². The number of carbonyl (C=O) groups is 1. The lowest BCUT2D eigenvalue weighted by molar-refractivity contribution is 0.183. The zero-order chi connectivity index (χ0) is 9.10. The van der Waals surface area contributed by atoms with Crippen molar-refractivity contribution in [1.29, 1.82) is 0 Å². The molecule has 0 aliphatic carbocycles. The standard InChI is InChI=1S/C8H11N3OS/c12-8-10-2-1-4-11(8)6-7-9-3-5-13-7/h3,5H,1-2,4,6H2,(H,10,12). The third kappa shape index (κ3) is 1.98. The highest BCUT2D eigenvalue weighted by Gasteiger charge is 2.17. The number of thiazole rings is 1. The summed E-state index contributed by atoms with van der Waals surface area (Å²) in [5.41, 5.74) is 0. The van der Waals surface area contributed by atoms with Crippen molar-refractivity contribution in [2.75, 3.05) is 13.1 Å². The number of hydrogen-bond donors (Lipinski definition) is 1. The molecule has 2 heterocycles. The third-order valence-corrected chi connectivity index (χ3v) is 2.74. The summed E-state index contributed by atoms with van der Waals surface area (Å²) in [6.45, 7) is 2.28. The molecule has 0 unspecified atom stereocenters. The molecule has 1 aromatic heterocycles. The quantitative estimate of drug-likeness (QED) is 0.770. The van der Waals surface area contributed by atoms with Crippen molar-refractivity contribution >= 4 is 17.4 Å². The van der Waals surface area contributed by atoms with E-state index in [2.05, 4.69) is 10.3 Å². The molecule has 0 atom stereocenters. The van der Waals surface area contributed by atoms with Crippen LogP contribution in [0, 0.1) is 0 Å². The number of aromatic nitrogens is 1. The minimum atomic E-state index is 0.0291. The first-order valence-corrected chi connectivity index (χ1v) is 5.15. The van der Waals surface area contributed by atoms with Crippen LogP contribution < -0.4 is 5.32 Å². The lowest BCUT2D eigenvalue weighted by atomic mass is 10.3. The smallest absolute Gasteiger partial charge is 0.317 e. The van der Waals surface area contributed by atoms with E-state index in [0.717, 1.165) is 24.5 Å². The Kier molecular flexibility index (Phi) is 2.44. The molecule has 1 aliphatic heterocycles. The molecule has 70 valence electrons. The molecule has 0 bridgehead atoms. The zero-order valence-corrected chi connectivity index (χ0v) is 8.01. The number of urea groups is 1. The van der Waals surface area contributed by atoms with E-state index >= 15 is 0 Å². The van der Waals surface area contributed by atoms with Gasteiger partial charge in [-0.3, -0.25) is 0 Å². The van der Waals surface area contributed by atoms with Crippen LogP contribution in [0.2, 0.25) is 0 Å². The van der Waals surface area contributed by atoms with Gasteiger partial charge in [0.05, 0.1) is 6.54 Å². The highest BCUT2D eigenvalue weighted by Crippen LogP contribution is 2.10. The lowest BCUT2D eigenvalue weighted by Crippen LogP contribution is -2.45. The normalized spacial score (nSPS) is 17.2. The van der Waals surface area contributed by atoms with Crippen molar-refractivity contribution in [2.45, 2.75) is 13.0 Å². The summed E-state index contributed by atoms with van der Waals surface area (Å²) in [6, 6.07) is 0.0291. The second kappa shape index (κ2) is 3.74. The molecular formula is C8H11N3OS. The van der Waals surface area contributed by atoms with E-state index in [1.807, 2.05) is 5.38 Å². The Morgan fingerprint density at radius 2 is 2.62 bits per heavy atom. The van der Waals surface area contributed by atoms with Gasteiger partial charge >= 0.3 is 6.03 Å². The van der Waals surface area contributed by atoms with Crippen molar-refractivity contribution in [3.05, 3.63) is 16.6 Å². The van der Waals surface area contributed by atoms with Crippen molar-refractivity contribution < 1.29 is 4.79 Å². The molecule has 1 N–H and O–H groups in total. The second-order valence-electron chi connectivity index (χ2n) is 2.93. The summed E-state index contributed by atoms with van der Waals surface area (Å²) in [4.78, 5) is 17.2. The number of nitrogens with zero attached hydrogens (tertiary/aromatic N) is 2. The molecule has 2 amide bonds. The van der Waals surface area contributed by atoms with Gasteiger partial charge < -0.3 is 10.2 Å². The van der Waals surface area contributed by atoms with Crippen molar-refractivity contribution in [3.63, 3.8) is 0 Å². The van der Waals surface area contributed by atoms with Crippen molar-refractivity contribution in [3.8, 4) is 0 Å². The number of carbonyl (C=O) groups excluding carboxylic acids is 1. The Morgan fingerprint density at radius 3 is 3.31 bits per heavy atom. The van der Waals surface area contributed by atoms with E-state index in [0.29, 0.717) is 6.54 Å². The molecule has 1 saturated heterocycles. The minimum absolute atomic E-state index is 0.0291. The Bertz CT molecular complexity index is 286. The molecule has 0 aromatic carbocycles. The van der Waals surface area contributed by atoms with E-state index in [-0.39, 0.29) is 6.03 Å². The van der Waals surface area contributed by atoms with Gasteiger partial charge in [-0.25, -0.2) is 9.78 Å². The van der Waals surface area contributed by atoms with Crippen molar-refractivity contribution in [2.24, 2.45) is 0 Å². The van der Waals surface area contributed by atoms with Gasteiger partial charge in [-0.15, -0.1) is 11.3 Å². The summed E-state index contributed by atoms with van der Waals surface area (Å²) in [5, 5.41) is 5.73. The summed E-state index contributed by atoms with van der Waals surface area (Å²) in [7, 11) is 0. The van der Waals surface area contributed by atoms with Crippen molar-refractivity contribution in [1.82, 2.24) is 15.2 Å². The molecule has 1 fully saturated rings. The maximum absolute atomic E-state index is 11.3. The first-order valence-electron chi connectivity index (χ1n) is 4.27. The van der Waals surface area contributed by atoms with Gasteiger partial charge in [0, 0.05) is 24.7 Å². The van der Waals surface area contributed by atoms with Gasteiger partial charge in [-0.1, -0.05) is 0 Å². The molecule has 0 spiro atoms. The average molecular weight is 197 g/mol. The predicted molar refractivity (Wildman–Crippen MR) is 50.5 cm³/mol. The third-order valence-electron chi connectivity index (χ3n) is 1.98. The van der Waals surface area contributed by atoms with Crippen LogP contribution in [0.25, 0.3) is 0 Å². The molecule has 13 heavy (non-hydrogen) atoms. The largest absolute Gasteiger partial charge is 0.338 e. The summed E-state index contributed by atoms with van der Waals surface area (Å²) in [5.74, 6) is 0. The fourth-order valence-corrected chi connectivity index (χ4v) is 1.95. The van der Waals surface area contributed by atoms with Gasteiger partial charge in [-0.2, -0.15) is 0 Å². The van der Waals surface area contributed by atoms with E-state index in [9.17, 15) is 4.79 Å². The van der Waals surface area contributed by atoms with Crippen LogP contribution in [-0.2, 0) is 6.54 Å². The fraction of sp³-hybridized carbons (Fsp3) is 0.500. The highest BCUT2D eigenvalue weighted by atomic mass is 32.1. The summed E-state index contributed by atoms with van der Waals surface area (Å²) < 4.78 is 0. The summed E-state index contributed by atoms with van der Waals surface area (Å²) in [6.07, 6.45) is 2.79. The van der Waals surface area contributed by atoms with Crippen LogP contribution in [0.15, 0.2) is 11.6 Å². The minimum Gasteiger partial charge on any atom is -0.338 e. The Balaban J connectivity index is 1.97. The van der Waals surface area contributed by atoms with E-state index in [4.69, 9.17) is 0 Å². The van der Waals surface area contributed by atoms with E-state index < -0.39 is 0 Å². The molecule has 5 heteroatoms. The molecule has 0 saturated carbocycles. The fourth-order valence-electron chi connectivity index (χ4n) is 1.32. The molecule has 2 rings (SSSR count). The zero-order valence-electron chi connectivity index (χ0n) is 7.19. The molecular weight excluding hydrogens is 186 g/mol. The Morgan fingerprint density at radius 1 is 1.69 bits per heavy atom. The van der Waals surface area contributed by atoms with E-state index in [1.165, 1.54) is 0 Å². The van der Waals surface area contributed by atoms with Crippen LogP contribution >= 0.6 is 11.3 Å². The number of amides is 2. The van der Waals surface area contributed by atoms with Crippen LogP contribution in [0.5, 0.6) is 0 Å². The predicted octanol–water partition coefficient (Wildman–Crippen LogP) is 1.06. The van der Waals surface area contributed by atoms with Crippen LogP contribution in [-0.4, -0.2) is 29.0 Å². The second-order valence-corrected chi connectivity index (χ2v) is 3.91. The first-order chi connectivity index (χ1) is 6.36. The van der Waals surface area contributed by atoms with Gasteiger partial charge in [0.25, 0.3) is 0 Å². The van der Waals surface area contributed by atoms with Crippen LogP contribution in [0.3, 0.4) is 0 Å². The van der Waals surface area contributed by atoms with Crippen LogP contribution in [0.1, 0.15) is 11.4 Å².